The van der Waals surface area contributed by atoms with Crippen LogP contribution in [0.25, 0.3) is 0 Å². The van der Waals surface area contributed by atoms with Crippen LogP contribution in [0.5, 0.6) is 5.75 Å². The SMILES string of the molecule is N=C(N)c1csc(CNC(=O)[C@@H]2CC3(CN2C(=O)CNC(=O)CCCOc2ccc(F)cc2)OCCO3)c1. The van der Waals surface area contributed by atoms with Gasteiger partial charge in [-0.2, -0.15) is 0 Å². The average molecular weight is 548 g/mol. The lowest BCUT2D eigenvalue weighted by Crippen LogP contribution is -2.49. The maximum Gasteiger partial charge on any atom is 0.243 e. The lowest BCUT2D eigenvalue weighted by atomic mass is 10.1. The van der Waals surface area contributed by atoms with Crippen molar-refractivity contribution in [2.45, 2.75) is 37.6 Å². The molecule has 0 aliphatic carbocycles. The standard InChI is InChI=1S/C25H30FN5O6S/c26-17-3-5-18(6-4-17)35-7-1-2-21(32)29-13-22(33)31-15-25(36-8-9-37-25)11-20(31)24(34)30-12-19-10-16(14-38-19)23(27)28/h3-6,10,14,20H,1-2,7-9,11-13,15H2,(H3,27,28)(H,29,32)(H,30,34)/t20-/m0/s1. The van der Waals surface area contributed by atoms with E-state index in [2.05, 4.69) is 10.6 Å². The zero-order valence-electron chi connectivity index (χ0n) is 20.7. The number of benzene rings is 1. The number of nitrogens with zero attached hydrogens (tertiary/aromatic N) is 1. The third-order valence-electron chi connectivity index (χ3n) is 6.20. The molecule has 3 amide bonds. The number of nitrogens with two attached hydrogens (primary N) is 1. The molecule has 1 atom stereocenters. The molecule has 0 bridgehead atoms. The Morgan fingerprint density at radius 1 is 1.21 bits per heavy atom. The minimum absolute atomic E-state index is 0.0497. The number of likely N-dealkylation sites (tertiary alicyclic amines) is 1. The molecule has 1 spiro atoms. The second-order valence-corrected chi connectivity index (χ2v) is 9.96. The molecule has 2 saturated heterocycles. The van der Waals surface area contributed by atoms with E-state index in [1.165, 1.54) is 40.5 Å². The van der Waals surface area contributed by atoms with Crippen LogP contribution >= 0.6 is 11.3 Å². The summed E-state index contributed by atoms with van der Waals surface area (Å²) in [7, 11) is 0. The summed E-state index contributed by atoms with van der Waals surface area (Å²) in [5.41, 5.74) is 6.08. The van der Waals surface area contributed by atoms with Crippen molar-refractivity contribution in [3.63, 3.8) is 0 Å². The van der Waals surface area contributed by atoms with Crippen molar-refractivity contribution < 1.29 is 33.0 Å². The summed E-state index contributed by atoms with van der Waals surface area (Å²) in [6, 6.07) is 6.50. The highest BCUT2D eigenvalue weighted by molar-refractivity contribution is 7.10. The van der Waals surface area contributed by atoms with Gasteiger partial charge in [0.1, 0.15) is 23.4 Å². The van der Waals surface area contributed by atoms with E-state index in [0.717, 1.165) is 4.88 Å². The largest absolute Gasteiger partial charge is 0.494 e. The van der Waals surface area contributed by atoms with Gasteiger partial charge in [-0.25, -0.2) is 4.39 Å². The summed E-state index contributed by atoms with van der Waals surface area (Å²) in [5.74, 6) is -2.06. The third kappa shape index (κ3) is 7.05. The fourth-order valence-corrected chi connectivity index (χ4v) is 5.09. The summed E-state index contributed by atoms with van der Waals surface area (Å²) in [4.78, 5) is 40.5. The number of halogens is 1. The van der Waals surface area contributed by atoms with E-state index in [4.69, 9.17) is 25.4 Å². The van der Waals surface area contributed by atoms with Gasteiger partial charge in [0.05, 0.1) is 39.5 Å². The molecule has 4 rings (SSSR count). The Labute approximate surface area is 222 Å². The van der Waals surface area contributed by atoms with Crippen molar-refractivity contribution in [2.75, 3.05) is 32.9 Å². The first-order valence-electron chi connectivity index (χ1n) is 12.2. The van der Waals surface area contributed by atoms with Crippen molar-refractivity contribution in [1.29, 1.82) is 5.41 Å². The maximum absolute atomic E-state index is 13.1. The maximum atomic E-state index is 13.1. The zero-order valence-corrected chi connectivity index (χ0v) is 21.5. The van der Waals surface area contributed by atoms with E-state index in [1.54, 1.807) is 11.4 Å². The van der Waals surface area contributed by atoms with Crippen LogP contribution in [0.4, 0.5) is 4.39 Å². The summed E-state index contributed by atoms with van der Waals surface area (Å²) >= 11 is 1.37. The summed E-state index contributed by atoms with van der Waals surface area (Å²) in [6.45, 7) is 1.03. The van der Waals surface area contributed by atoms with Crippen LogP contribution in [0, 0.1) is 11.2 Å². The second kappa shape index (κ2) is 12.3. The molecule has 5 N–H and O–H groups in total. The van der Waals surface area contributed by atoms with Crippen LogP contribution in [0.2, 0.25) is 0 Å². The number of nitrogens with one attached hydrogen (secondary N) is 3. The summed E-state index contributed by atoms with van der Waals surface area (Å²) in [5, 5.41) is 14.7. The smallest absolute Gasteiger partial charge is 0.243 e. The van der Waals surface area contributed by atoms with Gasteiger partial charge in [0, 0.05) is 28.7 Å². The number of carbonyl (C=O) groups excluding carboxylic acids is 3. The highest BCUT2D eigenvalue weighted by Gasteiger charge is 2.52. The van der Waals surface area contributed by atoms with Gasteiger partial charge in [0.25, 0.3) is 0 Å². The number of nitrogen functional groups attached to an aromatic ring is 1. The predicted molar refractivity (Wildman–Crippen MR) is 136 cm³/mol. The Kier molecular flexibility index (Phi) is 8.92. The molecule has 2 aliphatic rings. The lowest BCUT2D eigenvalue weighted by molar-refractivity contribution is -0.152. The minimum atomic E-state index is -1.04. The van der Waals surface area contributed by atoms with Crippen molar-refractivity contribution in [2.24, 2.45) is 5.73 Å². The van der Waals surface area contributed by atoms with Crippen LogP contribution in [-0.2, 0) is 30.4 Å². The van der Waals surface area contributed by atoms with Crippen LogP contribution in [-0.4, -0.2) is 73.2 Å². The Morgan fingerprint density at radius 3 is 2.63 bits per heavy atom. The predicted octanol–water partition coefficient (Wildman–Crippen LogP) is 1.11. The molecule has 0 unspecified atom stereocenters. The van der Waals surface area contributed by atoms with Crippen molar-refractivity contribution >= 4 is 34.9 Å². The molecule has 3 heterocycles. The van der Waals surface area contributed by atoms with E-state index in [9.17, 15) is 18.8 Å². The van der Waals surface area contributed by atoms with Gasteiger partial charge in [0.2, 0.25) is 17.7 Å². The Balaban J connectivity index is 1.26. The number of amidine groups is 1. The number of hydrogen-bond donors (Lipinski definition) is 4. The van der Waals surface area contributed by atoms with Crippen LogP contribution in [0.15, 0.2) is 35.7 Å². The molecule has 1 aromatic heterocycles. The molecular formula is C25H30FN5O6S. The van der Waals surface area contributed by atoms with E-state index >= 15 is 0 Å². The van der Waals surface area contributed by atoms with Gasteiger partial charge in [-0.3, -0.25) is 19.8 Å². The highest BCUT2D eigenvalue weighted by Crippen LogP contribution is 2.35. The Bertz CT molecular complexity index is 1170. The van der Waals surface area contributed by atoms with Crippen LogP contribution in [0.1, 0.15) is 29.7 Å². The first-order valence-corrected chi connectivity index (χ1v) is 13.0. The number of thiophene rings is 1. The normalized spacial score (nSPS) is 17.9. The molecule has 0 saturated carbocycles. The molecule has 0 radical (unpaired) electrons. The van der Waals surface area contributed by atoms with Crippen molar-refractivity contribution in [3.8, 4) is 5.75 Å². The highest BCUT2D eigenvalue weighted by atomic mass is 32.1. The van der Waals surface area contributed by atoms with Crippen molar-refractivity contribution in [1.82, 2.24) is 15.5 Å². The zero-order chi connectivity index (χ0) is 27.1. The third-order valence-corrected chi connectivity index (χ3v) is 7.13. The second-order valence-electron chi connectivity index (χ2n) is 8.97. The monoisotopic (exact) mass is 547 g/mol. The molecule has 2 fully saturated rings. The molecule has 2 aliphatic heterocycles. The van der Waals surface area contributed by atoms with E-state index in [1.807, 2.05) is 0 Å². The quantitative estimate of drug-likeness (QED) is 0.187. The summed E-state index contributed by atoms with van der Waals surface area (Å²) in [6.07, 6.45) is 0.727. The molecule has 1 aromatic carbocycles. The molecule has 38 heavy (non-hydrogen) atoms. The lowest BCUT2D eigenvalue weighted by Gasteiger charge is -2.24. The number of hydrogen-bond acceptors (Lipinski definition) is 8. The van der Waals surface area contributed by atoms with Gasteiger partial charge in [-0.1, -0.05) is 0 Å². The van der Waals surface area contributed by atoms with Gasteiger partial charge < -0.3 is 35.5 Å². The molecule has 204 valence electrons. The van der Waals surface area contributed by atoms with Gasteiger partial charge >= 0.3 is 0 Å². The first-order chi connectivity index (χ1) is 18.2. The van der Waals surface area contributed by atoms with E-state index in [-0.39, 0.29) is 62.5 Å². The first kappa shape index (κ1) is 27.5. The summed E-state index contributed by atoms with van der Waals surface area (Å²) < 4.78 is 29.9. The van der Waals surface area contributed by atoms with Crippen LogP contribution < -0.4 is 21.1 Å². The fourth-order valence-electron chi connectivity index (χ4n) is 4.27. The average Bonchev–Trinajstić information content (AvgIpc) is 3.65. The van der Waals surface area contributed by atoms with Gasteiger partial charge in [0.15, 0.2) is 5.79 Å². The topological polar surface area (TPSA) is 156 Å². The molecule has 11 nitrogen and oxygen atoms in total. The van der Waals surface area contributed by atoms with E-state index < -0.39 is 17.7 Å². The fraction of sp³-hybridized carbons (Fsp3) is 0.440. The molecule has 2 aromatic rings. The van der Waals surface area contributed by atoms with Gasteiger partial charge in [-0.05, 0) is 36.8 Å². The van der Waals surface area contributed by atoms with Crippen LogP contribution in [0.3, 0.4) is 0 Å². The number of ether oxygens (including phenoxy) is 3. The molecular weight excluding hydrogens is 517 g/mol. The number of rotatable bonds is 11. The Hall–Kier alpha value is -3.55. The van der Waals surface area contributed by atoms with E-state index in [0.29, 0.717) is 30.9 Å². The Morgan fingerprint density at radius 2 is 1.95 bits per heavy atom. The number of carbonyl (C=O) groups is 3. The van der Waals surface area contributed by atoms with Crippen molar-refractivity contribution in [3.05, 3.63) is 52.0 Å². The number of amides is 3. The molecule has 13 heteroatoms. The van der Waals surface area contributed by atoms with Gasteiger partial charge in [-0.15, -0.1) is 11.3 Å². The minimum Gasteiger partial charge on any atom is -0.494 e.